The number of aryl methyl sites for hydroxylation is 3. The van der Waals surface area contributed by atoms with Gasteiger partial charge in [-0.3, -0.25) is 4.79 Å². The molecule has 1 aliphatic heterocycles. The number of carbonyl (C=O) groups excluding carboxylic acids is 1. The molecule has 114 valence electrons. The summed E-state index contributed by atoms with van der Waals surface area (Å²) in [6.07, 6.45) is 3.56. The summed E-state index contributed by atoms with van der Waals surface area (Å²) in [6, 6.07) is 4.49. The van der Waals surface area contributed by atoms with Gasteiger partial charge in [-0.05, 0) is 56.6 Å². The Balaban J connectivity index is 1.84. The zero-order valence-electron chi connectivity index (χ0n) is 13.4. The van der Waals surface area contributed by atoms with Crippen molar-refractivity contribution < 1.29 is 4.79 Å². The molecular formula is C18H26N2O. The minimum Gasteiger partial charge on any atom is -0.338 e. The second-order valence-electron chi connectivity index (χ2n) is 7.00. The first-order valence-corrected chi connectivity index (χ1v) is 8.10. The molecule has 3 nitrogen and oxygen atoms in total. The molecule has 2 aliphatic rings. The monoisotopic (exact) mass is 286 g/mol. The van der Waals surface area contributed by atoms with E-state index in [9.17, 15) is 4.79 Å². The van der Waals surface area contributed by atoms with Gasteiger partial charge in [-0.15, -0.1) is 0 Å². The summed E-state index contributed by atoms with van der Waals surface area (Å²) in [5.41, 5.74) is 10.6. The van der Waals surface area contributed by atoms with Crippen LogP contribution in [0.2, 0.25) is 0 Å². The van der Waals surface area contributed by atoms with Crippen LogP contribution in [0.4, 0.5) is 0 Å². The van der Waals surface area contributed by atoms with Crippen molar-refractivity contribution in [2.24, 2.45) is 17.6 Å². The minimum atomic E-state index is 0.201. The third kappa shape index (κ3) is 2.59. The van der Waals surface area contributed by atoms with E-state index in [2.05, 4.69) is 19.1 Å². The van der Waals surface area contributed by atoms with Gasteiger partial charge in [0.2, 0.25) is 0 Å². The molecule has 1 aliphatic carbocycles. The van der Waals surface area contributed by atoms with Gasteiger partial charge in [-0.2, -0.15) is 0 Å². The number of amides is 1. The van der Waals surface area contributed by atoms with Crippen molar-refractivity contribution in [2.45, 2.75) is 46.1 Å². The lowest BCUT2D eigenvalue weighted by Crippen LogP contribution is -2.38. The maximum absolute atomic E-state index is 12.9. The smallest absolute Gasteiger partial charge is 0.254 e. The molecule has 1 aromatic rings. The Kier molecular flexibility index (Phi) is 3.78. The van der Waals surface area contributed by atoms with Crippen LogP contribution in [0.5, 0.6) is 0 Å². The first kappa shape index (κ1) is 14.6. The van der Waals surface area contributed by atoms with Gasteiger partial charge in [0.1, 0.15) is 0 Å². The summed E-state index contributed by atoms with van der Waals surface area (Å²) in [4.78, 5) is 15.0. The number of likely N-dealkylation sites (tertiary alicyclic amines) is 1. The fourth-order valence-corrected chi connectivity index (χ4v) is 4.36. The molecule has 0 aromatic heterocycles. The van der Waals surface area contributed by atoms with Crippen LogP contribution >= 0.6 is 0 Å². The van der Waals surface area contributed by atoms with E-state index in [4.69, 9.17) is 5.73 Å². The third-order valence-corrected chi connectivity index (χ3v) is 5.33. The highest BCUT2D eigenvalue weighted by atomic mass is 16.2. The van der Waals surface area contributed by atoms with Crippen LogP contribution in [0.15, 0.2) is 12.1 Å². The van der Waals surface area contributed by atoms with Crippen molar-refractivity contribution in [1.82, 2.24) is 4.90 Å². The van der Waals surface area contributed by atoms with Crippen molar-refractivity contribution in [3.63, 3.8) is 0 Å². The van der Waals surface area contributed by atoms with Crippen molar-refractivity contribution in [3.8, 4) is 0 Å². The maximum atomic E-state index is 12.9. The number of hydrogen-bond acceptors (Lipinski definition) is 2. The Hall–Kier alpha value is -1.35. The summed E-state index contributed by atoms with van der Waals surface area (Å²) in [5, 5.41) is 0. The molecule has 3 unspecified atom stereocenters. The second kappa shape index (κ2) is 5.45. The fraction of sp³-hybridized carbons (Fsp3) is 0.611. The lowest BCUT2D eigenvalue weighted by molar-refractivity contribution is 0.0782. The topological polar surface area (TPSA) is 46.3 Å². The molecule has 0 radical (unpaired) electrons. The number of nitrogens with two attached hydrogens (primary N) is 1. The van der Waals surface area contributed by atoms with Crippen LogP contribution in [-0.4, -0.2) is 29.9 Å². The fourth-order valence-electron chi connectivity index (χ4n) is 4.36. The summed E-state index contributed by atoms with van der Waals surface area (Å²) in [6.45, 7) is 7.91. The zero-order chi connectivity index (χ0) is 15.1. The predicted octanol–water partition coefficient (Wildman–Crippen LogP) is 2.81. The van der Waals surface area contributed by atoms with Crippen molar-refractivity contribution in [3.05, 3.63) is 34.4 Å². The molecule has 3 rings (SSSR count). The van der Waals surface area contributed by atoms with Gasteiger partial charge in [0.25, 0.3) is 5.91 Å². The molecule has 21 heavy (non-hydrogen) atoms. The van der Waals surface area contributed by atoms with Crippen molar-refractivity contribution >= 4 is 5.91 Å². The molecular weight excluding hydrogens is 260 g/mol. The Morgan fingerprint density at radius 2 is 1.81 bits per heavy atom. The SMILES string of the molecule is Cc1cc(C)c(C(=O)N2CC3CCCC(N)C3C2)c(C)c1. The van der Waals surface area contributed by atoms with Crippen LogP contribution in [0.1, 0.15) is 46.3 Å². The number of rotatable bonds is 1. The Morgan fingerprint density at radius 1 is 1.14 bits per heavy atom. The normalized spacial score (nSPS) is 28.6. The number of benzene rings is 1. The van der Waals surface area contributed by atoms with E-state index in [1.165, 1.54) is 18.4 Å². The highest BCUT2D eigenvalue weighted by molar-refractivity contribution is 5.97. The Labute approximate surface area is 127 Å². The summed E-state index contributed by atoms with van der Waals surface area (Å²) in [5.74, 6) is 1.32. The molecule has 1 heterocycles. The summed E-state index contributed by atoms with van der Waals surface area (Å²) in [7, 11) is 0. The largest absolute Gasteiger partial charge is 0.338 e. The molecule has 2 fully saturated rings. The van der Waals surface area contributed by atoms with Gasteiger partial charge in [0.05, 0.1) is 0 Å². The predicted molar refractivity (Wildman–Crippen MR) is 85.4 cm³/mol. The lowest BCUT2D eigenvalue weighted by atomic mass is 9.78. The molecule has 1 amide bonds. The Morgan fingerprint density at radius 3 is 2.43 bits per heavy atom. The number of carbonyl (C=O) groups is 1. The molecule has 0 bridgehead atoms. The molecule has 3 atom stereocenters. The van der Waals surface area contributed by atoms with Crippen molar-refractivity contribution in [2.75, 3.05) is 13.1 Å². The van der Waals surface area contributed by atoms with Crippen LogP contribution in [0, 0.1) is 32.6 Å². The summed E-state index contributed by atoms with van der Waals surface area (Å²) < 4.78 is 0. The van der Waals surface area contributed by atoms with Gasteiger partial charge in [0, 0.05) is 24.7 Å². The highest BCUT2D eigenvalue weighted by Crippen LogP contribution is 2.36. The van der Waals surface area contributed by atoms with E-state index < -0.39 is 0 Å². The highest BCUT2D eigenvalue weighted by Gasteiger charge is 2.40. The first-order valence-electron chi connectivity index (χ1n) is 8.10. The quantitative estimate of drug-likeness (QED) is 0.863. The Bertz CT molecular complexity index is 543. The average Bonchev–Trinajstić information content (AvgIpc) is 2.82. The van der Waals surface area contributed by atoms with E-state index in [1.54, 1.807) is 0 Å². The first-order chi connectivity index (χ1) is 9.97. The van der Waals surface area contributed by atoms with Gasteiger partial charge in [-0.25, -0.2) is 0 Å². The number of hydrogen-bond donors (Lipinski definition) is 1. The van der Waals surface area contributed by atoms with E-state index in [-0.39, 0.29) is 11.9 Å². The van der Waals surface area contributed by atoms with Gasteiger partial charge in [0.15, 0.2) is 0 Å². The molecule has 0 spiro atoms. The number of nitrogens with zero attached hydrogens (tertiary/aromatic N) is 1. The van der Waals surface area contributed by atoms with Crippen LogP contribution in [0.3, 0.4) is 0 Å². The van der Waals surface area contributed by atoms with Gasteiger partial charge in [-0.1, -0.05) is 24.1 Å². The average molecular weight is 286 g/mol. The molecule has 3 heteroatoms. The van der Waals surface area contributed by atoms with E-state index in [0.717, 1.165) is 36.2 Å². The van der Waals surface area contributed by atoms with Gasteiger partial charge < -0.3 is 10.6 Å². The van der Waals surface area contributed by atoms with Crippen LogP contribution in [0.25, 0.3) is 0 Å². The van der Waals surface area contributed by atoms with Crippen LogP contribution < -0.4 is 5.73 Å². The third-order valence-electron chi connectivity index (χ3n) is 5.33. The van der Waals surface area contributed by atoms with Crippen molar-refractivity contribution in [1.29, 1.82) is 0 Å². The second-order valence-corrected chi connectivity index (χ2v) is 7.00. The standard InChI is InChI=1S/C18H26N2O/c1-11-7-12(2)17(13(3)8-11)18(21)20-9-14-5-4-6-16(19)15(14)10-20/h7-8,14-16H,4-6,9-10,19H2,1-3H3. The molecule has 1 saturated carbocycles. The molecule has 2 N–H and O–H groups in total. The van der Waals surface area contributed by atoms with Crippen LogP contribution in [-0.2, 0) is 0 Å². The van der Waals surface area contributed by atoms with E-state index in [1.807, 2.05) is 18.7 Å². The van der Waals surface area contributed by atoms with E-state index in [0.29, 0.717) is 11.8 Å². The molecule has 1 saturated heterocycles. The number of fused-ring (bicyclic) bond motifs is 1. The summed E-state index contributed by atoms with van der Waals surface area (Å²) >= 11 is 0. The zero-order valence-corrected chi connectivity index (χ0v) is 13.4. The molecule has 1 aromatic carbocycles. The van der Waals surface area contributed by atoms with E-state index >= 15 is 0 Å². The van der Waals surface area contributed by atoms with Gasteiger partial charge >= 0.3 is 0 Å². The minimum absolute atomic E-state index is 0.201. The maximum Gasteiger partial charge on any atom is 0.254 e. The lowest BCUT2D eigenvalue weighted by Gasteiger charge is -2.29.